The van der Waals surface area contributed by atoms with Crippen molar-refractivity contribution < 1.29 is 9.13 Å². The van der Waals surface area contributed by atoms with Crippen LogP contribution in [-0.2, 0) is 0 Å². The van der Waals surface area contributed by atoms with Gasteiger partial charge < -0.3 is 10.1 Å². The first-order valence-corrected chi connectivity index (χ1v) is 6.04. The summed E-state index contributed by atoms with van der Waals surface area (Å²) in [5.41, 5.74) is 0.984. The Hall–Kier alpha value is -0.740. The van der Waals surface area contributed by atoms with E-state index in [4.69, 9.17) is 4.74 Å². The summed E-state index contributed by atoms with van der Waals surface area (Å²) in [4.78, 5) is 0. The predicted octanol–water partition coefficient (Wildman–Crippen LogP) is 2.56. The average Bonchev–Trinajstić information content (AvgIpc) is 2.30. The van der Waals surface area contributed by atoms with Crippen molar-refractivity contribution in [3.8, 4) is 5.75 Å². The van der Waals surface area contributed by atoms with Gasteiger partial charge in [0.2, 0.25) is 0 Å². The molecule has 15 heavy (non-hydrogen) atoms. The minimum atomic E-state index is -0.289. The Morgan fingerprint density at radius 1 is 1.53 bits per heavy atom. The Labute approximate surface area is 93.2 Å². The van der Waals surface area contributed by atoms with Gasteiger partial charge in [0.15, 0.2) is 11.6 Å². The maximum atomic E-state index is 13.4. The molecule has 1 unspecified atom stereocenters. The Kier molecular flexibility index (Phi) is 3.49. The summed E-state index contributed by atoms with van der Waals surface area (Å²) >= 11 is 1.82. The second-order valence-corrected chi connectivity index (χ2v) is 4.67. The number of hydrogen-bond donors (Lipinski definition) is 1. The van der Waals surface area contributed by atoms with Gasteiger partial charge in [-0.25, -0.2) is 4.39 Å². The highest BCUT2D eigenvalue weighted by Crippen LogP contribution is 2.31. The van der Waals surface area contributed by atoms with Gasteiger partial charge in [-0.2, -0.15) is 0 Å². The van der Waals surface area contributed by atoms with Gasteiger partial charge in [-0.1, -0.05) is 6.07 Å². The maximum Gasteiger partial charge on any atom is 0.165 e. The average molecular weight is 227 g/mol. The Morgan fingerprint density at radius 3 is 3.00 bits per heavy atom. The molecular weight excluding hydrogens is 213 g/mol. The molecular formula is C11H14FNOS. The quantitative estimate of drug-likeness (QED) is 0.839. The molecule has 0 bridgehead atoms. The topological polar surface area (TPSA) is 21.3 Å². The van der Waals surface area contributed by atoms with Crippen LogP contribution in [0.3, 0.4) is 0 Å². The molecule has 0 saturated carbocycles. The molecule has 1 aromatic rings. The molecule has 0 amide bonds. The first-order chi connectivity index (χ1) is 7.31. The Morgan fingerprint density at radius 2 is 2.40 bits per heavy atom. The molecule has 1 N–H and O–H groups in total. The maximum absolute atomic E-state index is 13.4. The van der Waals surface area contributed by atoms with Crippen LogP contribution < -0.4 is 10.1 Å². The minimum Gasteiger partial charge on any atom is -0.494 e. The largest absolute Gasteiger partial charge is 0.494 e. The van der Waals surface area contributed by atoms with E-state index >= 15 is 0 Å². The molecule has 4 heteroatoms. The fourth-order valence-electron chi connectivity index (χ4n) is 1.63. The van der Waals surface area contributed by atoms with Crippen molar-refractivity contribution in [2.75, 3.05) is 19.4 Å². The highest BCUT2D eigenvalue weighted by atomic mass is 32.2. The van der Waals surface area contributed by atoms with E-state index in [0.29, 0.717) is 5.75 Å². The third kappa shape index (κ3) is 2.44. The molecule has 1 aliphatic rings. The number of benzene rings is 1. The van der Waals surface area contributed by atoms with Crippen molar-refractivity contribution in [3.05, 3.63) is 29.6 Å². The minimum absolute atomic E-state index is 0.221. The molecule has 1 heterocycles. The second kappa shape index (κ2) is 4.86. The summed E-state index contributed by atoms with van der Waals surface area (Å²) in [6.45, 7) is 1.01. The molecule has 1 aliphatic heterocycles. The van der Waals surface area contributed by atoms with Gasteiger partial charge >= 0.3 is 0 Å². The van der Waals surface area contributed by atoms with Gasteiger partial charge in [0.25, 0.3) is 0 Å². The number of rotatable bonds is 2. The van der Waals surface area contributed by atoms with Crippen LogP contribution in [0.4, 0.5) is 4.39 Å². The zero-order valence-electron chi connectivity index (χ0n) is 8.63. The van der Waals surface area contributed by atoms with Crippen LogP contribution in [0, 0.1) is 5.82 Å². The van der Waals surface area contributed by atoms with Gasteiger partial charge in [-0.05, 0) is 36.4 Å². The van der Waals surface area contributed by atoms with Gasteiger partial charge in [0.1, 0.15) is 0 Å². The summed E-state index contributed by atoms with van der Waals surface area (Å²) in [6, 6.07) is 5.15. The highest BCUT2D eigenvalue weighted by Gasteiger charge is 2.16. The zero-order valence-corrected chi connectivity index (χ0v) is 9.44. The van der Waals surface area contributed by atoms with Crippen LogP contribution in [0.15, 0.2) is 18.2 Å². The van der Waals surface area contributed by atoms with Crippen molar-refractivity contribution in [2.24, 2.45) is 0 Å². The number of nitrogens with one attached hydrogen (secondary N) is 1. The van der Waals surface area contributed by atoms with Gasteiger partial charge in [-0.15, -0.1) is 11.8 Å². The number of ether oxygens (including phenoxy) is 1. The molecule has 1 aromatic carbocycles. The smallest absolute Gasteiger partial charge is 0.165 e. The van der Waals surface area contributed by atoms with E-state index < -0.39 is 0 Å². The number of thioether (sulfide) groups is 1. The first-order valence-electron chi connectivity index (χ1n) is 4.99. The molecule has 1 fully saturated rings. The number of hydrogen-bond acceptors (Lipinski definition) is 3. The molecule has 2 rings (SSSR count). The molecule has 82 valence electrons. The monoisotopic (exact) mass is 227 g/mol. The third-order valence-electron chi connectivity index (χ3n) is 2.41. The summed E-state index contributed by atoms with van der Waals surface area (Å²) < 4.78 is 18.3. The Bertz CT molecular complexity index is 339. The molecule has 0 radical (unpaired) electrons. The van der Waals surface area contributed by atoms with Crippen molar-refractivity contribution in [2.45, 2.75) is 11.8 Å². The summed E-state index contributed by atoms with van der Waals surface area (Å²) in [7, 11) is 1.48. The number of methoxy groups -OCH3 is 1. The first kappa shape index (κ1) is 10.8. The lowest BCUT2D eigenvalue weighted by Crippen LogP contribution is -2.25. The van der Waals surface area contributed by atoms with Crippen molar-refractivity contribution in [1.82, 2.24) is 5.32 Å². The lowest BCUT2D eigenvalue weighted by atomic mass is 10.2. The van der Waals surface area contributed by atoms with E-state index in [9.17, 15) is 4.39 Å². The van der Waals surface area contributed by atoms with E-state index in [-0.39, 0.29) is 11.2 Å². The Balaban J connectivity index is 2.17. The van der Waals surface area contributed by atoms with Gasteiger partial charge in [0, 0.05) is 0 Å². The second-order valence-electron chi connectivity index (χ2n) is 3.45. The molecule has 1 atom stereocenters. The van der Waals surface area contributed by atoms with Gasteiger partial charge in [-0.3, -0.25) is 0 Å². The van der Waals surface area contributed by atoms with E-state index in [1.165, 1.54) is 13.5 Å². The SMILES string of the molecule is COc1ccc(C2NCCCS2)cc1F. The highest BCUT2D eigenvalue weighted by molar-refractivity contribution is 7.99. The van der Waals surface area contributed by atoms with Crippen LogP contribution in [-0.4, -0.2) is 19.4 Å². The fraction of sp³-hybridized carbons (Fsp3) is 0.455. The molecule has 2 nitrogen and oxygen atoms in total. The fourth-order valence-corrected chi connectivity index (χ4v) is 2.75. The standard InChI is InChI=1S/C11H14FNOS/c1-14-10-4-3-8(7-9(10)12)11-13-5-2-6-15-11/h3-4,7,11,13H,2,5-6H2,1H3. The lowest BCUT2D eigenvalue weighted by Gasteiger charge is -2.23. The summed E-state index contributed by atoms with van der Waals surface area (Å²) in [5.74, 6) is 1.15. The van der Waals surface area contributed by atoms with Crippen molar-refractivity contribution in [1.29, 1.82) is 0 Å². The molecule has 0 aromatic heterocycles. The van der Waals surface area contributed by atoms with Crippen molar-refractivity contribution in [3.63, 3.8) is 0 Å². The van der Waals surface area contributed by atoms with Gasteiger partial charge in [0.05, 0.1) is 12.5 Å². The van der Waals surface area contributed by atoms with E-state index in [1.54, 1.807) is 12.1 Å². The molecule has 0 aliphatic carbocycles. The van der Waals surface area contributed by atoms with Crippen molar-refractivity contribution >= 4 is 11.8 Å². The van der Waals surface area contributed by atoms with Crippen LogP contribution in [0.2, 0.25) is 0 Å². The molecule has 1 saturated heterocycles. The van der Waals surface area contributed by atoms with Crippen LogP contribution in [0.1, 0.15) is 17.4 Å². The molecule has 0 spiro atoms. The van der Waals surface area contributed by atoms with Crippen LogP contribution in [0.25, 0.3) is 0 Å². The predicted molar refractivity (Wildman–Crippen MR) is 60.8 cm³/mol. The number of halogens is 1. The summed E-state index contributed by atoms with van der Waals surface area (Å²) in [6.07, 6.45) is 1.18. The van der Waals surface area contributed by atoms with E-state index in [2.05, 4.69) is 5.32 Å². The van der Waals surface area contributed by atoms with Crippen LogP contribution >= 0.6 is 11.8 Å². The van der Waals surface area contributed by atoms with E-state index in [0.717, 1.165) is 17.9 Å². The van der Waals surface area contributed by atoms with Crippen LogP contribution in [0.5, 0.6) is 5.75 Å². The van der Waals surface area contributed by atoms with E-state index in [1.807, 2.05) is 17.8 Å². The summed E-state index contributed by atoms with van der Waals surface area (Å²) in [5, 5.41) is 3.58. The third-order valence-corrected chi connectivity index (χ3v) is 3.71. The lowest BCUT2D eigenvalue weighted by molar-refractivity contribution is 0.386. The normalized spacial score (nSPS) is 21.3. The zero-order chi connectivity index (χ0) is 10.7.